The quantitative estimate of drug-likeness (QED) is 0.798. The average molecular weight is 314 g/mol. The van der Waals surface area contributed by atoms with Crippen LogP contribution < -0.4 is 10.0 Å². The van der Waals surface area contributed by atoms with Crippen molar-refractivity contribution in [3.8, 4) is 0 Å². The maximum Gasteiger partial charge on any atom is 0.244 e. The van der Waals surface area contributed by atoms with E-state index in [0.29, 0.717) is 13.1 Å². The number of sulfonamides is 1. The molecule has 20 heavy (non-hydrogen) atoms. The number of aromatic nitrogens is 2. The van der Waals surface area contributed by atoms with Crippen LogP contribution in [0.5, 0.6) is 0 Å². The van der Waals surface area contributed by atoms with Crippen molar-refractivity contribution in [3.63, 3.8) is 0 Å². The molecule has 2 heterocycles. The predicted octanol–water partition coefficient (Wildman–Crippen LogP) is 0.951. The Balaban J connectivity index is 2.03. The van der Waals surface area contributed by atoms with Gasteiger partial charge in [-0.25, -0.2) is 13.1 Å². The van der Waals surface area contributed by atoms with Crippen molar-refractivity contribution in [2.75, 3.05) is 13.6 Å². The Bertz CT molecular complexity index is 661. The molecule has 2 aromatic heterocycles. The molecule has 0 aliphatic carbocycles. The maximum absolute atomic E-state index is 12.2. The van der Waals surface area contributed by atoms with Gasteiger partial charge in [0.2, 0.25) is 10.0 Å². The van der Waals surface area contributed by atoms with Crippen LogP contribution in [0.3, 0.4) is 0 Å². The predicted molar refractivity (Wildman–Crippen MR) is 79.2 cm³/mol. The fourth-order valence-corrected chi connectivity index (χ4v) is 3.55. The van der Waals surface area contributed by atoms with Crippen LogP contribution in [0.25, 0.3) is 0 Å². The molecule has 0 amide bonds. The molecule has 2 N–H and O–H groups in total. The highest BCUT2D eigenvalue weighted by Gasteiger charge is 2.16. The van der Waals surface area contributed by atoms with E-state index >= 15 is 0 Å². The van der Waals surface area contributed by atoms with Crippen LogP contribution in [0.4, 0.5) is 0 Å². The van der Waals surface area contributed by atoms with Gasteiger partial charge in [-0.2, -0.15) is 5.10 Å². The summed E-state index contributed by atoms with van der Waals surface area (Å²) in [6.07, 6.45) is 2.92. The minimum atomic E-state index is -3.50. The normalized spacial score (nSPS) is 11.9. The monoisotopic (exact) mass is 314 g/mol. The zero-order valence-electron chi connectivity index (χ0n) is 11.5. The second-order valence-electron chi connectivity index (χ2n) is 4.39. The van der Waals surface area contributed by atoms with E-state index in [1.54, 1.807) is 22.2 Å². The van der Waals surface area contributed by atoms with Gasteiger partial charge >= 0.3 is 0 Å². The van der Waals surface area contributed by atoms with E-state index in [1.165, 1.54) is 6.20 Å². The lowest BCUT2D eigenvalue weighted by Crippen LogP contribution is -2.22. The third kappa shape index (κ3) is 3.66. The molecule has 0 spiro atoms. The zero-order valence-corrected chi connectivity index (χ0v) is 13.1. The minimum Gasteiger partial charge on any atom is -0.318 e. The SMILES string of the molecule is CNCCn1cc(S(=O)(=O)NCc2sccc2C)cn1. The molecule has 2 rings (SSSR count). The molecular formula is C12H18N4O2S2. The number of rotatable bonds is 7. The molecule has 0 saturated heterocycles. The van der Waals surface area contributed by atoms with Crippen molar-refractivity contribution in [2.24, 2.45) is 0 Å². The van der Waals surface area contributed by atoms with E-state index in [1.807, 2.05) is 25.4 Å². The second kappa shape index (κ2) is 6.49. The number of hydrogen-bond donors (Lipinski definition) is 2. The number of thiophene rings is 1. The van der Waals surface area contributed by atoms with E-state index in [0.717, 1.165) is 17.0 Å². The van der Waals surface area contributed by atoms with Crippen molar-refractivity contribution in [1.29, 1.82) is 0 Å². The molecule has 8 heteroatoms. The summed E-state index contributed by atoms with van der Waals surface area (Å²) in [4.78, 5) is 1.22. The van der Waals surface area contributed by atoms with Crippen LogP contribution in [-0.4, -0.2) is 31.8 Å². The molecule has 6 nitrogen and oxygen atoms in total. The lowest BCUT2D eigenvalue weighted by molar-refractivity contribution is 0.576. The molecule has 0 aliphatic heterocycles. The molecule has 0 fully saturated rings. The highest BCUT2D eigenvalue weighted by atomic mass is 32.2. The van der Waals surface area contributed by atoms with E-state index in [9.17, 15) is 8.42 Å². The Kier molecular flexibility index (Phi) is 4.92. The van der Waals surface area contributed by atoms with Gasteiger partial charge in [0.15, 0.2) is 0 Å². The fraction of sp³-hybridized carbons (Fsp3) is 0.417. The summed E-state index contributed by atoms with van der Waals surface area (Å²) in [6.45, 7) is 3.66. The van der Waals surface area contributed by atoms with Crippen LogP contribution in [0.2, 0.25) is 0 Å². The average Bonchev–Trinajstić information content (AvgIpc) is 3.03. The van der Waals surface area contributed by atoms with Crippen LogP contribution in [0.1, 0.15) is 10.4 Å². The molecule has 2 aromatic rings. The molecule has 0 radical (unpaired) electrons. The van der Waals surface area contributed by atoms with Gasteiger partial charge < -0.3 is 5.32 Å². The Morgan fingerprint density at radius 3 is 2.90 bits per heavy atom. The summed E-state index contributed by atoms with van der Waals surface area (Å²) in [5.41, 5.74) is 1.10. The molecule has 110 valence electrons. The third-order valence-electron chi connectivity index (χ3n) is 2.90. The van der Waals surface area contributed by atoms with Gasteiger partial charge in [-0.3, -0.25) is 4.68 Å². The van der Waals surface area contributed by atoms with Gasteiger partial charge in [0.25, 0.3) is 0 Å². The lowest BCUT2D eigenvalue weighted by Gasteiger charge is -2.04. The first-order valence-corrected chi connectivity index (χ1v) is 8.59. The highest BCUT2D eigenvalue weighted by Crippen LogP contribution is 2.16. The van der Waals surface area contributed by atoms with Gasteiger partial charge in [-0.1, -0.05) is 0 Å². The molecule has 0 bridgehead atoms. The first-order chi connectivity index (χ1) is 9.53. The number of aryl methyl sites for hydroxylation is 1. The van der Waals surface area contributed by atoms with Crippen LogP contribution in [0.15, 0.2) is 28.7 Å². The summed E-state index contributed by atoms with van der Waals surface area (Å²) in [5, 5.41) is 8.99. The number of hydrogen-bond acceptors (Lipinski definition) is 5. The van der Waals surface area contributed by atoms with Crippen molar-refractivity contribution in [2.45, 2.75) is 24.9 Å². The van der Waals surface area contributed by atoms with Gasteiger partial charge in [0.05, 0.1) is 12.7 Å². The fourth-order valence-electron chi connectivity index (χ4n) is 1.66. The van der Waals surface area contributed by atoms with Crippen LogP contribution in [-0.2, 0) is 23.1 Å². The zero-order chi connectivity index (χ0) is 14.6. The van der Waals surface area contributed by atoms with E-state index < -0.39 is 10.0 Å². The van der Waals surface area contributed by atoms with Crippen molar-refractivity contribution < 1.29 is 8.42 Å². The first-order valence-electron chi connectivity index (χ1n) is 6.22. The van der Waals surface area contributed by atoms with E-state index in [4.69, 9.17) is 0 Å². The van der Waals surface area contributed by atoms with Gasteiger partial charge in [-0.15, -0.1) is 11.3 Å². The lowest BCUT2D eigenvalue weighted by atomic mass is 10.3. The highest BCUT2D eigenvalue weighted by molar-refractivity contribution is 7.89. The van der Waals surface area contributed by atoms with Gasteiger partial charge in [-0.05, 0) is 31.0 Å². The molecule has 0 aliphatic rings. The third-order valence-corrected chi connectivity index (χ3v) is 5.28. The summed E-state index contributed by atoms with van der Waals surface area (Å²) >= 11 is 1.55. The summed E-state index contributed by atoms with van der Waals surface area (Å²) in [5.74, 6) is 0. The summed E-state index contributed by atoms with van der Waals surface area (Å²) in [6, 6.07) is 1.98. The largest absolute Gasteiger partial charge is 0.318 e. The van der Waals surface area contributed by atoms with Crippen molar-refractivity contribution >= 4 is 21.4 Å². The number of nitrogens with zero attached hydrogens (tertiary/aromatic N) is 2. The molecular weight excluding hydrogens is 296 g/mol. The Hall–Kier alpha value is -1.22. The minimum absolute atomic E-state index is 0.197. The topological polar surface area (TPSA) is 76.0 Å². The smallest absolute Gasteiger partial charge is 0.244 e. The number of nitrogens with one attached hydrogen (secondary N) is 2. The maximum atomic E-state index is 12.2. The standard InChI is InChI=1S/C12H18N4O2S2/c1-10-3-6-19-12(10)8-15-20(17,18)11-7-14-16(9-11)5-4-13-2/h3,6-7,9,13,15H,4-5,8H2,1-2H3. The van der Waals surface area contributed by atoms with E-state index in [-0.39, 0.29) is 4.90 Å². The Morgan fingerprint density at radius 2 is 2.25 bits per heavy atom. The van der Waals surface area contributed by atoms with Gasteiger partial charge in [0, 0.05) is 24.2 Å². The van der Waals surface area contributed by atoms with Crippen molar-refractivity contribution in [3.05, 3.63) is 34.3 Å². The Labute approximate surface area is 122 Å². The van der Waals surface area contributed by atoms with E-state index in [2.05, 4.69) is 15.1 Å². The molecule has 0 saturated carbocycles. The molecule has 0 unspecified atom stereocenters. The summed E-state index contributed by atoms with van der Waals surface area (Å²) in [7, 11) is -1.67. The molecule has 0 atom stereocenters. The van der Waals surface area contributed by atoms with Crippen LogP contribution in [0, 0.1) is 6.92 Å². The van der Waals surface area contributed by atoms with Crippen molar-refractivity contribution in [1.82, 2.24) is 19.8 Å². The second-order valence-corrected chi connectivity index (χ2v) is 7.16. The molecule has 0 aromatic carbocycles. The van der Waals surface area contributed by atoms with Gasteiger partial charge in [0.1, 0.15) is 4.90 Å². The number of likely N-dealkylation sites (N-methyl/N-ethyl adjacent to an activating group) is 1. The summed E-state index contributed by atoms with van der Waals surface area (Å²) < 4.78 is 28.5. The first kappa shape index (κ1) is 15.2. The van der Waals surface area contributed by atoms with Crippen LogP contribution >= 0.6 is 11.3 Å². The Morgan fingerprint density at radius 1 is 1.45 bits per heavy atom.